The molecule has 144 valence electrons. The van der Waals surface area contributed by atoms with Crippen LogP contribution in [0.1, 0.15) is 31.2 Å². The Morgan fingerprint density at radius 1 is 1.30 bits per heavy atom. The molecule has 0 radical (unpaired) electrons. The summed E-state index contributed by atoms with van der Waals surface area (Å²) in [6, 6.07) is 5.67. The molecular weight excluding hydrogens is 357 g/mol. The van der Waals surface area contributed by atoms with Crippen LogP contribution in [-0.4, -0.2) is 52.4 Å². The molecule has 9 heteroatoms. The van der Waals surface area contributed by atoms with E-state index in [-0.39, 0.29) is 49.9 Å². The van der Waals surface area contributed by atoms with Crippen LogP contribution in [-0.2, 0) is 25.7 Å². The van der Waals surface area contributed by atoms with E-state index in [2.05, 4.69) is 10.4 Å². The van der Waals surface area contributed by atoms with E-state index in [1.54, 1.807) is 12.1 Å². The van der Waals surface area contributed by atoms with Gasteiger partial charge in [-0.2, -0.15) is 5.10 Å². The number of hydrogen-bond donors (Lipinski definition) is 2. The number of benzene rings is 1. The molecule has 2 aliphatic heterocycles. The number of halogens is 1. The van der Waals surface area contributed by atoms with Gasteiger partial charge in [0.2, 0.25) is 5.91 Å². The van der Waals surface area contributed by atoms with Crippen LogP contribution in [0.5, 0.6) is 0 Å². The van der Waals surface area contributed by atoms with E-state index in [0.29, 0.717) is 18.6 Å². The number of hydrazone groups is 1. The van der Waals surface area contributed by atoms with Crippen LogP contribution in [0.15, 0.2) is 29.4 Å². The topological polar surface area (TPSA) is 108 Å². The van der Waals surface area contributed by atoms with E-state index >= 15 is 0 Å². The molecule has 2 N–H and O–H groups in total. The molecule has 1 unspecified atom stereocenters. The van der Waals surface area contributed by atoms with Gasteiger partial charge < -0.3 is 15.2 Å². The Morgan fingerprint density at radius 2 is 2.04 bits per heavy atom. The second-order valence-corrected chi connectivity index (χ2v) is 6.73. The van der Waals surface area contributed by atoms with Crippen LogP contribution in [0.3, 0.4) is 0 Å². The first-order valence-corrected chi connectivity index (χ1v) is 8.61. The molecule has 8 nitrogen and oxygen atoms in total. The number of carbonyl (C=O) groups excluding carboxylic acids is 2. The number of carboxylic acid groups (broad SMARTS) is 1. The molecule has 1 fully saturated rings. The zero-order chi connectivity index (χ0) is 19.4. The molecule has 1 saturated heterocycles. The maximum atomic E-state index is 13.0. The number of amides is 2. The Bertz CT molecular complexity index is 772. The van der Waals surface area contributed by atoms with Gasteiger partial charge in [-0.15, -0.1) is 0 Å². The molecule has 27 heavy (non-hydrogen) atoms. The fourth-order valence-electron chi connectivity index (χ4n) is 3.14. The minimum Gasteiger partial charge on any atom is -0.481 e. The van der Waals surface area contributed by atoms with E-state index in [1.165, 1.54) is 17.1 Å². The van der Waals surface area contributed by atoms with Crippen molar-refractivity contribution in [3.05, 3.63) is 35.6 Å². The smallest absolute Gasteiger partial charge is 0.305 e. The van der Waals surface area contributed by atoms with E-state index in [0.717, 1.165) is 0 Å². The van der Waals surface area contributed by atoms with Crippen molar-refractivity contribution in [1.29, 1.82) is 0 Å². The lowest BCUT2D eigenvalue weighted by molar-refractivity contribution is -0.139. The van der Waals surface area contributed by atoms with Crippen LogP contribution < -0.4 is 5.32 Å². The van der Waals surface area contributed by atoms with E-state index in [4.69, 9.17) is 9.84 Å². The van der Waals surface area contributed by atoms with Crippen molar-refractivity contribution in [2.75, 3.05) is 13.2 Å². The Labute approximate surface area is 155 Å². The van der Waals surface area contributed by atoms with Crippen LogP contribution in [0.4, 0.5) is 4.39 Å². The first kappa shape index (κ1) is 19.0. The maximum Gasteiger partial charge on any atom is 0.305 e. The first-order valence-electron chi connectivity index (χ1n) is 8.61. The van der Waals surface area contributed by atoms with Gasteiger partial charge in [0, 0.05) is 19.4 Å². The molecule has 1 aromatic rings. The Hall–Kier alpha value is -2.81. The van der Waals surface area contributed by atoms with Gasteiger partial charge in [-0.1, -0.05) is 12.1 Å². The minimum atomic E-state index is -1.03. The summed E-state index contributed by atoms with van der Waals surface area (Å²) in [4.78, 5) is 35.8. The molecule has 0 saturated carbocycles. The number of ether oxygens (including phenoxy) is 1. The second-order valence-electron chi connectivity index (χ2n) is 6.73. The van der Waals surface area contributed by atoms with Gasteiger partial charge in [-0.05, 0) is 24.1 Å². The van der Waals surface area contributed by atoms with Gasteiger partial charge in [-0.3, -0.25) is 14.4 Å². The molecule has 2 amide bonds. The Balaban J connectivity index is 1.72. The summed E-state index contributed by atoms with van der Waals surface area (Å²) in [5.41, 5.74) is -0.121. The largest absolute Gasteiger partial charge is 0.481 e. The summed E-state index contributed by atoms with van der Waals surface area (Å²) >= 11 is 0. The fraction of sp³-hybridized carbons (Fsp3) is 0.444. The van der Waals surface area contributed by atoms with Crippen LogP contribution in [0.25, 0.3) is 0 Å². The van der Waals surface area contributed by atoms with Crippen LogP contribution >= 0.6 is 0 Å². The highest BCUT2D eigenvalue weighted by Gasteiger charge is 2.40. The van der Waals surface area contributed by atoms with Crippen molar-refractivity contribution >= 4 is 23.5 Å². The van der Waals surface area contributed by atoms with Crippen molar-refractivity contribution in [2.24, 2.45) is 5.10 Å². The molecule has 0 bridgehead atoms. The summed E-state index contributed by atoms with van der Waals surface area (Å²) in [6.45, 7) is 0.616. The lowest BCUT2D eigenvalue weighted by Crippen LogP contribution is -2.53. The molecular formula is C18H20FN3O5. The third kappa shape index (κ3) is 4.68. The van der Waals surface area contributed by atoms with Gasteiger partial charge in [0.15, 0.2) is 0 Å². The molecule has 0 spiro atoms. The number of aliphatic carboxylic acids is 1. The zero-order valence-electron chi connectivity index (χ0n) is 14.6. The molecule has 1 atom stereocenters. The first-order chi connectivity index (χ1) is 12.9. The molecule has 3 rings (SSSR count). The highest BCUT2D eigenvalue weighted by Crippen LogP contribution is 2.23. The predicted octanol–water partition coefficient (Wildman–Crippen LogP) is 1.05. The fourth-order valence-corrected chi connectivity index (χ4v) is 3.14. The van der Waals surface area contributed by atoms with Gasteiger partial charge in [0.1, 0.15) is 11.5 Å². The average molecular weight is 377 g/mol. The second kappa shape index (κ2) is 7.83. The van der Waals surface area contributed by atoms with Crippen molar-refractivity contribution in [3.8, 4) is 0 Å². The quantitative estimate of drug-likeness (QED) is 0.770. The number of nitrogens with one attached hydrogen (secondary N) is 1. The van der Waals surface area contributed by atoms with Crippen molar-refractivity contribution in [3.63, 3.8) is 0 Å². The van der Waals surface area contributed by atoms with Crippen LogP contribution in [0.2, 0.25) is 0 Å². The average Bonchev–Trinajstić information content (AvgIpc) is 3.05. The Morgan fingerprint density at radius 3 is 2.67 bits per heavy atom. The minimum absolute atomic E-state index is 0.121. The number of hydrogen-bond acceptors (Lipinski definition) is 5. The van der Waals surface area contributed by atoms with Gasteiger partial charge >= 0.3 is 5.97 Å². The molecule has 2 aliphatic rings. The Kier molecular flexibility index (Phi) is 5.50. The van der Waals surface area contributed by atoms with Crippen molar-refractivity contribution < 1.29 is 28.6 Å². The van der Waals surface area contributed by atoms with E-state index < -0.39 is 17.4 Å². The standard InChI is InChI=1S/C18H20FN3O5/c19-13-3-1-12(2-4-13)10-22-15(23)6-5-14(21-22)17(26)20-18(9-16(24)25)7-8-27-11-18/h1-4H,5-11H2,(H,20,26)(H,24,25). The van der Waals surface area contributed by atoms with Crippen molar-refractivity contribution in [1.82, 2.24) is 10.3 Å². The lowest BCUT2D eigenvalue weighted by atomic mass is 9.93. The highest BCUT2D eigenvalue weighted by atomic mass is 19.1. The number of nitrogens with zero attached hydrogens (tertiary/aromatic N) is 2. The molecule has 0 aromatic heterocycles. The SMILES string of the molecule is O=C(O)CC1(NC(=O)C2=NN(Cc3ccc(F)cc3)C(=O)CC2)CCOC1. The molecule has 2 heterocycles. The molecule has 0 aliphatic carbocycles. The third-order valence-electron chi connectivity index (χ3n) is 4.58. The summed E-state index contributed by atoms with van der Waals surface area (Å²) in [6.07, 6.45) is 0.450. The van der Waals surface area contributed by atoms with Gasteiger partial charge in [-0.25, -0.2) is 9.40 Å². The van der Waals surface area contributed by atoms with Crippen LogP contribution in [0, 0.1) is 5.82 Å². The third-order valence-corrected chi connectivity index (χ3v) is 4.58. The molecule has 1 aromatic carbocycles. The lowest BCUT2D eigenvalue weighted by Gasteiger charge is -2.29. The number of rotatable bonds is 6. The predicted molar refractivity (Wildman–Crippen MR) is 92.2 cm³/mol. The summed E-state index contributed by atoms with van der Waals surface area (Å²) < 4.78 is 18.3. The van der Waals surface area contributed by atoms with E-state index in [9.17, 15) is 18.8 Å². The monoisotopic (exact) mass is 377 g/mol. The summed E-state index contributed by atoms with van der Waals surface area (Å²) in [7, 11) is 0. The number of carboxylic acids is 1. The summed E-state index contributed by atoms with van der Waals surface area (Å²) in [5.74, 6) is -2.15. The van der Waals surface area contributed by atoms with E-state index in [1.807, 2.05) is 0 Å². The van der Waals surface area contributed by atoms with Gasteiger partial charge in [0.05, 0.1) is 25.1 Å². The number of carbonyl (C=O) groups is 3. The highest BCUT2D eigenvalue weighted by molar-refractivity contribution is 6.39. The van der Waals surface area contributed by atoms with Gasteiger partial charge in [0.25, 0.3) is 5.91 Å². The maximum absolute atomic E-state index is 13.0. The normalized spacial score (nSPS) is 22.5. The zero-order valence-corrected chi connectivity index (χ0v) is 14.6. The summed E-state index contributed by atoms with van der Waals surface area (Å²) in [5, 5.41) is 17.2. The van der Waals surface area contributed by atoms with Crippen molar-refractivity contribution in [2.45, 2.75) is 37.8 Å².